The van der Waals surface area contributed by atoms with Crippen LogP contribution in [0.5, 0.6) is 0 Å². The number of hydrogen-bond donors (Lipinski definition) is 0. The molecule has 0 unspecified atom stereocenters. The van der Waals surface area contributed by atoms with Gasteiger partial charge in [-0.2, -0.15) is 5.26 Å². The molecule has 108 valence electrons. The molecule has 0 N–H and O–H groups in total. The molecule has 0 saturated heterocycles. The molecule has 0 radical (unpaired) electrons. The quantitative estimate of drug-likeness (QED) is 0.549. The Bertz CT molecular complexity index is 943. The Morgan fingerprint density at radius 3 is 2.86 bits per heavy atom. The highest BCUT2D eigenvalue weighted by atomic mass is 32.2. The molecule has 6 heteroatoms. The molecular formula is C16H12N4OS. The molecule has 0 aliphatic heterocycles. The minimum Gasteiger partial charge on any atom is -0.268 e. The lowest BCUT2D eigenvalue weighted by molar-refractivity contribution is 0.790. The number of nitriles is 1. The average molecular weight is 308 g/mol. The number of benzene rings is 1. The highest BCUT2D eigenvalue weighted by molar-refractivity contribution is 7.99. The van der Waals surface area contributed by atoms with Gasteiger partial charge in [0.1, 0.15) is 5.82 Å². The fourth-order valence-corrected chi connectivity index (χ4v) is 2.86. The molecule has 0 atom stereocenters. The second-order valence-corrected chi connectivity index (χ2v) is 5.59. The summed E-state index contributed by atoms with van der Waals surface area (Å²) < 4.78 is 1.49. The van der Waals surface area contributed by atoms with Gasteiger partial charge < -0.3 is 0 Å². The number of fused-ring (bicyclic) bond motifs is 1. The first-order valence-electron chi connectivity index (χ1n) is 6.66. The van der Waals surface area contributed by atoms with E-state index in [9.17, 15) is 4.79 Å². The average Bonchev–Trinajstić information content (AvgIpc) is 2.54. The maximum Gasteiger partial charge on any atom is 0.267 e. The van der Waals surface area contributed by atoms with Gasteiger partial charge in [0.2, 0.25) is 0 Å². The minimum atomic E-state index is -0.173. The third-order valence-electron chi connectivity index (χ3n) is 3.20. The van der Waals surface area contributed by atoms with Crippen molar-refractivity contribution in [3.05, 3.63) is 58.5 Å². The minimum absolute atomic E-state index is 0.173. The van der Waals surface area contributed by atoms with Crippen molar-refractivity contribution >= 4 is 22.7 Å². The number of aryl methyl sites for hydroxylation is 1. The summed E-state index contributed by atoms with van der Waals surface area (Å²) in [5, 5.41) is 9.84. The predicted molar refractivity (Wildman–Crippen MR) is 86.2 cm³/mol. The van der Waals surface area contributed by atoms with Crippen molar-refractivity contribution in [2.24, 2.45) is 0 Å². The Labute approximate surface area is 131 Å². The van der Waals surface area contributed by atoms with Crippen molar-refractivity contribution in [1.82, 2.24) is 14.5 Å². The largest absolute Gasteiger partial charge is 0.268 e. The van der Waals surface area contributed by atoms with E-state index in [1.54, 1.807) is 18.3 Å². The Kier molecular flexibility index (Phi) is 3.90. The van der Waals surface area contributed by atoms with Gasteiger partial charge in [-0.3, -0.25) is 4.79 Å². The van der Waals surface area contributed by atoms with Gasteiger partial charge in [-0.15, -0.1) is 0 Å². The third-order valence-corrected chi connectivity index (χ3v) is 4.01. The molecule has 1 aromatic carbocycles. The molecule has 3 aromatic rings. The first-order valence-corrected chi connectivity index (χ1v) is 7.64. The van der Waals surface area contributed by atoms with Gasteiger partial charge in [0.25, 0.3) is 5.56 Å². The standard InChI is InChI=1S/C16H12N4OS/c1-11-5-4-9-18-14(11)20-15(21)12-6-2-3-7-13(12)19-16(20)22-10-8-17/h2-7,9H,10H2,1H3. The van der Waals surface area contributed by atoms with Crippen LogP contribution in [-0.2, 0) is 0 Å². The van der Waals surface area contributed by atoms with Crippen molar-refractivity contribution in [2.75, 3.05) is 5.75 Å². The molecule has 3 rings (SSSR count). The number of rotatable bonds is 3. The zero-order valence-electron chi connectivity index (χ0n) is 11.9. The van der Waals surface area contributed by atoms with E-state index in [2.05, 4.69) is 16.0 Å². The van der Waals surface area contributed by atoms with Crippen LogP contribution in [0.25, 0.3) is 16.7 Å². The van der Waals surface area contributed by atoms with Crippen LogP contribution in [0.3, 0.4) is 0 Å². The predicted octanol–water partition coefficient (Wildman–Crippen LogP) is 2.70. The molecule has 0 aliphatic rings. The normalized spacial score (nSPS) is 10.5. The first kappa shape index (κ1) is 14.3. The summed E-state index contributed by atoms with van der Waals surface area (Å²) in [6.07, 6.45) is 1.64. The molecule has 2 aromatic heterocycles. The summed E-state index contributed by atoms with van der Waals surface area (Å²) in [4.78, 5) is 21.7. The summed E-state index contributed by atoms with van der Waals surface area (Å²) in [5.41, 5.74) is 1.33. The molecule has 0 spiro atoms. The van der Waals surface area contributed by atoms with Gasteiger partial charge in [-0.05, 0) is 30.7 Å². The number of thioether (sulfide) groups is 1. The van der Waals surface area contributed by atoms with E-state index in [-0.39, 0.29) is 11.3 Å². The van der Waals surface area contributed by atoms with Gasteiger partial charge in [0.05, 0.1) is 22.7 Å². The van der Waals surface area contributed by atoms with Crippen LogP contribution in [0, 0.1) is 18.3 Å². The highest BCUT2D eigenvalue weighted by Crippen LogP contribution is 2.21. The fraction of sp³-hybridized carbons (Fsp3) is 0.125. The molecule has 0 saturated carbocycles. The maximum atomic E-state index is 12.9. The number of hydrogen-bond acceptors (Lipinski definition) is 5. The van der Waals surface area contributed by atoms with Crippen molar-refractivity contribution in [3.8, 4) is 11.9 Å². The molecule has 0 bridgehead atoms. The van der Waals surface area contributed by atoms with E-state index in [0.717, 1.165) is 5.56 Å². The topological polar surface area (TPSA) is 71.6 Å². The maximum absolute atomic E-state index is 12.9. The third kappa shape index (κ3) is 2.47. The summed E-state index contributed by atoms with van der Waals surface area (Å²) in [7, 11) is 0. The van der Waals surface area contributed by atoms with Gasteiger partial charge in [-0.25, -0.2) is 14.5 Å². The fourth-order valence-electron chi connectivity index (χ4n) is 2.20. The van der Waals surface area contributed by atoms with Crippen LogP contribution in [0.15, 0.2) is 52.5 Å². The summed E-state index contributed by atoms with van der Waals surface area (Å²) in [6.45, 7) is 1.89. The molecule has 0 amide bonds. The summed E-state index contributed by atoms with van der Waals surface area (Å²) in [5.74, 6) is 0.766. The number of nitrogens with zero attached hydrogens (tertiary/aromatic N) is 4. The van der Waals surface area contributed by atoms with Crippen molar-refractivity contribution in [2.45, 2.75) is 12.1 Å². The van der Waals surface area contributed by atoms with E-state index in [1.165, 1.54) is 16.3 Å². The monoisotopic (exact) mass is 308 g/mol. The molecule has 2 heterocycles. The zero-order valence-corrected chi connectivity index (χ0v) is 12.7. The molecule has 22 heavy (non-hydrogen) atoms. The number of pyridine rings is 1. The van der Waals surface area contributed by atoms with Gasteiger partial charge in [0.15, 0.2) is 5.16 Å². The van der Waals surface area contributed by atoms with E-state index >= 15 is 0 Å². The van der Waals surface area contributed by atoms with Crippen LogP contribution in [0.4, 0.5) is 0 Å². The molecule has 0 aliphatic carbocycles. The second kappa shape index (κ2) is 6.00. The Morgan fingerprint density at radius 1 is 1.27 bits per heavy atom. The number of para-hydroxylation sites is 1. The van der Waals surface area contributed by atoms with Crippen molar-refractivity contribution in [3.63, 3.8) is 0 Å². The molecule has 5 nitrogen and oxygen atoms in total. The van der Waals surface area contributed by atoms with Crippen LogP contribution in [0.1, 0.15) is 5.56 Å². The molecule has 0 fully saturated rings. The van der Waals surface area contributed by atoms with Crippen LogP contribution < -0.4 is 5.56 Å². The van der Waals surface area contributed by atoms with Crippen molar-refractivity contribution < 1.29 is 0 Å². The van der Waals surface area contributed by atoms with Crippen molar-refractivity contribution in [1.29, 1.82) is 5.26 Å². The lowest BCUT2D eigenvalue weighted by atomic mass is 10.2. The van der Waals surface area contributed by atoms with E-state index in [0.29, 0.717) is 21.9 Å². The van der Waals surface area contributed by atoms with Gasteiger partial charge in [-0.1, -0.05) is 30.0 Å². The lowest BCUT2D eigenvalue weighted by Gasteiger charge is -2.13. The first-order chi connectivity index (χ1) is 10.7. The van der Waals surface area contributed by atoms with Gasteiger partial charge in [0, 0.05) is 6.20 Å². The Morgan fingerprint density at radius 2 is 2.09 bits per heavy atom. The van der Waals surface area contributed by atoms with Crippen LogP contribution in [0.2, 0.25) is 0 Å². The highest BCUT2D eigenvalue weighted by Gasteiger charge is 2.15. The van der Waals surface area contributed by atoms with E-state index in [4.69, 9.17) is 5.26 Å². The SMILES string of the molecule is Cc1cccnc1-n1c(SCC#N)nc2ccccc2c1=O. The smallest absolute Gasteiger partial charge is 0.267 e. The number of aromatic nitrogens is 3. The van der Waals surface area contributed by atoms with Crippen LogP contribution >= 0.6 is 11.8 Å². The van der Waals surface area contributed by atoms with E-state index in [1.807, 2.05) is 31.2 Å². The summed E-state index contributed by atoms with van der Waals surface area (Å²) >= 11 is 1.23. The summed E-state index contributed by atoms with van der Waals surface area (Å²) in [6, 6.07) is 13.0. The molecular weight excluding hydrogens is 296 g/mol. The zero-order chi connectivity index (χ0) is 15.5. The lowest BCUT2D eigenvalue weighted by Crippen LogP contribution is -2.23. The Balaban J connectivity index is 2.36. The van der Waals surface area contributed by atoms with E-state index < -0.39 is 0 Å². The Hall–Kier alpha value is -2.65. The van der Waals surface area contributed by atoms with Crippen LogP contribution in [-0.4, -0.2) is 20.3 Å². The second-order valence-electron chi connectivity index (χ2n) is 4.64. The van der Waals surface area contributed by atoms with Gasteiger partial charge >= 0.3 is 0 Å².